The average molecular weight is 474 g/mol. The van der Waals surface area contributed by atoms with Gasteiger partial charge in [0.1, 0.15) is 11.4 Å². The molecule has 1 fully saturated rings. The Morgan fingerprint density at radius 2 is 1.77 bits per heavy atom. The van der Waals surface area contributed by atoms with Gasteiger partial charge in [-0.1, -0.05) is 0 Å². The van der Waals surface area contributed by atoms with E-state index in [-0.39, 0.29) is 21.3 Å². The second-order valence-corrected chi connectivity index (χ2v) is 8.26. The summed E-state index contributed by atoms with van der Waals surface area (Å²) in [6.45, 7) is 0.113. The Morgan fingerprint density at radius 1 is 1.10 bits per heavy atom. The second kappa shape index (κ2) is 7.87. The van der Waals surface area contributed by atoms with E-state index < -0.39 is 43.1 Å². The number of rotatable bonds is 5. The van der Waals surface area contributed by atoms with Crippen LogP contribution in [0.25, 0.3) is 10.2 Å². The fourth-order valence-electron chi connectivity index (χ4n) is 3.18. The Hall–Kier alpha value is -2.09. The molecule has 30 heavy (non-hydrogen) atoms. The van der Waals surface area contributed by atoms with Gasteiger partial charge in [0.05, 0.1) is 18.4 Å². The highest BCUT2D eigenvalue weighted by Crippen LogP contribution is 2.30. The number of nitrogens with one attached hydrogen (secondary N) is 1. The maximum Gasteiger partial charge on any atom is 0.406 e. The lowest BCUT2D eigenvalue weighted by Gasteiger charge is -2.15. The number of hydrogen-bond donors (Lipinski definition) is 1. The third-order valence-corrected chi connectivity index (χ3v) is 6.33. The molecule has 3 rings (SSSR count). The van der Waals surface area contributed by atoms with E-state index in [1.807, 2.05) is 0 Å². The molecular formula is C16H16F6N4O2S2. The van der Waals surface area contributed by atoms with Crippen molar-refractivity contribution in [3.8, 4) is 0 Å². The fraction of sp³-hybridized carbons (Fsp3) is 0.562. The largest absolute Gasteiger partial charge is 0.406 e. The summed E-state index contributed by atoms with van der Waals surface area (Å²) in [5.41, 5.74) is -2.26. The number of alkyl halides is 6. The van der Waals surface area contributed by atoms with Gasteiger partial charge in [-0.15, -0.1) is 11.3 Å². The predicted molar refractivity (Wildman–Crippen MR) is 103 cm³/mol. The highest BCUT2D eigenvalue weighted by atomic mass is 32.1. The van der Waals surface area contributed by atoms with Crippen molar-refractivity contribution < 1.29 is 26.3 Å². The summed E-state index contributed by atoms with van der Waals surface area (Å²) in [6, 6.07) is 0. The van der Waals surface area contributed by atoms with E-state index in [0.717, 1.165) is 11.3 Å². The Balaban J connectivity index is 2.19. The van der Waals surface area contributed by atoms with Crippen molar-refractivity contribution in [2.75, 3.05) is 13.1 Å². The summed E-state index contributed by atoms with van der Waals surface area (Å²) in [7, 11) is 0. The smallest absolute Gasteiger partial charge is 0.361 e. The Morgan fingerprint density at radius 3 is 2.30 bits per heavy atom. The summed E-state index contributed by atoms with van der Waals surface area (Å²) in [6.07, 6.45) is -10.9. The molecule has 1 aliphatic rings. The van der Waals surface area contributed by atoms with Crippen LogP contribution in [-0.4, -0.2) is 44.6 Å². The van der Waals surface area contributed by atoms with Gasteiger partial charge in [0.15, 0.2) is 5.11 Å². The number of halogens is 6. The van der Waals surface area contributed by atoms with Gasteiger partial charge >= 0.3 is 18.0 Å². The first-order valence-electron chi connectivity index (χ1n) is 8.70. The minimum absolute atomic E-state index is 0.0513. The SMILES string of the molecule is Cc1c(CN2CCNC2=S)sc2c1c(=O)n(CC(F)(F)F)c(=O)n2CCC(F)(F)F. The van der Waals surface area contributed by atoms with Crippen molar-refractivity contribution in [3.05, 3.63) is 31.3 Å². The molecule has 0 aliphatic carbocycles. The Kier molecular flexibility index (Phi) is 5.93. The van der Waals surface area contributed by atoms with Gasteiger partial charge in [-0.3, -0.25) is 13.9 Å². The zero-order chi connectivity index (χ0) is 22.4. The van der Waals surface area contributed by atoms with E-state index in [2.05, 4.69) is 5.32 Å². The van der Waals surface area contributed by atoms with Crippen LogP contribution in [0.15, 0.2) is 9.59 Å². The molecule has 0 atom stereocenters. The summed E-state index contributed by atoms with van der Waals surface area (Å²) in [5.74, 6) is 0. The number of nitrogens with zero attached hydrogens (tertiary/aromatic N) is 3. The first kappa shape index (κ1) is 22.6. The van der Waals surface area contributed by atoms with Crippen LogP contribution in [-0.2, 0) is 19.6 Å². The number of thiophene rings is 1. The molecule has 0 saturated carbocycles. The molecule has 0 radical (unpaired) electrons. The fourth-order valence-corrected chi connectivity index (χ4v) is 4.77. The van der Waals surface area contributed by atoms with Crippen molar-refractivity contribution >= 4 is 38.9 Å². The van der Waals surface area contributed by atoms with Crippen molar-refractivity contribution in [2.24, 2.45) is 0 Å². The van der Waals surface area contributed by atoms with Crippen LogP contribution >= 0.6 is 23.6 Å². The monoisotopic (exact) mass is 474 g/mol. The van der Waals surface area contributed by atoms with Gasteiger partial charge in [0.25, 0.3) is 5.56 Å². The standard InChI is InChI=1S/C16H16F6N4O2S2/c1-8-9(6-24-5-3-23-13(24)29)30-12-10(8)11(27)26(7-16(20,21)22)14(28)25(12)4-2-15(17,18)19/h2-7H2,1H3,(H,23,29). The molecule has 2 aromatic rings. The molecule has 0 bridgehead atoms. The number of aryl methyl sites for hydroxylation is 2. The normalized spacial score (nSPS) is 15.3. The van der Waals surface area contributed by atoms with E-state index in [1.54, 1.807) is 4.90 Å². The van der Waals surface area contributed by atoms with Crippen molar-refractivity contribution in [1.29, 1.82) is 0 Å². The van der Waals surface area contributed by atoms with E-state index in [1.165, 1.54) is 6.92 Å². The first-order chi connectivity index (χ1) is 13.8. The minimum atomic E-state index is -4.89. The number of hydrogen-bond acceptors (Lipinski definition) is 4. The quantitative estimate of drug-likeness (QED) is 0.534. The van der Waals surface area contributed by atoms with E-state index in [4.69, 9.17) is 12.2 Å². The third kappa shape index (κ3) is 4.63. The lowest BCUT2D eigenvalue weighted by molar-refractivity contribution is -0.143. The van der Waals surface area contributed by atoms with Crippen molar-refractivity contribution in [1.82, 2.24) is 19.4 Å². The predicted octanol–water partition coefficient (Wildman–Crippen LogP) is 2.74. The molecule has 0 spiro atoms. The molecule has 14 heteroatoms. The summed E-state index contributed by atoms with van der Waals surface area (Å²) < 4.78 is 77.5. The van der Waals surface area contributed by atoms with Crippen LogP contribution in [0, 0.1) is 6.92 Å². The van der Waals surface area contributed by atoms with Gasteiger partial charge < -0.3 is 10.2 Å². The zero-order valence-electron chi connectivity index (χ0n) is 15.5. The molecular weight excluding hydrogens is 458 g/mol. The summed E-state index contributed by atoms with van der Waals surface area (Å²) in [5, 5.41) is 3.21. The van der Waals surface area contributed by atoms with Gasteiger partial charge in [-0.25, -0.2) is 4.79 Å². The molecule has 0 amide bonds. The molecule has 166 valence electrons. The molecule has 2 aromatic heterocycles. The Bertz CT molecular complexity index is 1100. The van der Waals surface area contributed by atoms with E-state index >= 15 is 0 Å². The van der Waals surface area contributed by atoms with Crippen LogP contribution in [0.5, 0.6) is 0 Å². The van der Waals surface area contributed by atoms with Crippen LogP contribution in [0.2, 0.25) is 0 Å². The van der Waals surface area contributed by atoms with Gasteiger partial charge in [-0.05, 0) is 24.7 Å². The lowest BCUT2D eigenvalue weighted by Crippen LogP contribution is -2.43. The topological polar surface area (TPSA) is 59.3 Å². The molecule has 1 aliphatic heterocycles. The van der Waals surface area contributed by atoms with Gasteiger partial charge in [0.2, 0.25) is 0 Å². The maximum absolute atomic E-state index is 12.9. The molecule has 3 heterocycles. The average Bonchev–Trinajstić information content (AvgIpc) is 3.14. The second-order valence-electron chi connectivity index (χ2n) is 6.79. The first-order valence-corrected chi connectivity index (χ1v) is 9.93. The lowest BCUT2D eigenvalue weighted by atomic mass is 10.2. The zero-order valence-corrected chi connectivity index (χ0v) is 17.1. The minimum Gasteiger partial charge on any atom is -0.361 e. The highest BCUT2D eigenvalue weighted by Gasteiger charge is 2.33. The molecule has 0 aromatic carbocycles. The number of thiocarbonyl (C=S) groups is 1. The van der Waals surface area contributed by atoms with Crippen LogP contribution in [0.1, 0.15) is 16.9 Å². The van der Waals surface area contributed by atoms with Crippen LogP contribution < -0.4 is 16.6 Å². The van der Waals surface area contributed by atoms with Gasteiger partial charge in [-0.2, -0.15) is 26.3 Å². The number of fused-ring (bicyclic) bond motifs is 1. The van der Waals surface area contributed by atoms with Crippen molar-refractivity contribution in [3.63, 3.8) is 0 Å². The van der Waals surface area contributed by atoms with Crippen LogP contribution in [0.3, 0.4) is 0 Å². The van der Waals surface area contributed by atoms with Crippen molar-refractivity contribution in [2.45, 2.75) is 45.3 Å². The summed E-state index contributed by atoms with van der Waals surface area (Å²) >= 11 is 6.06. The van der Waals surface area contributed by atoms with Crippen LogP contribution in [0.4, 0.5) is 26.3 Å². The molecule has 1 saturated heterocycles. The molecule has 1 N–H and O–H groups in total. The van der Waals surface area contributed by atoms with E-state index in [0.29, 0.717) is 33.2 Å². The molecule has 6 nitrogen and oxygen atoms in total. The number of aromatic nitrogens is 2. The molecule has 0 unspecified atom stereocenters. The summed E-state index contributed by atoms with van der Waals surface area (Å²) in [4.78, 5) is 27.5. The maximum atomic E-state index is 12.9. The van der Waals surface area contributed by atoms with E-state index in [9.17, 15) is 35.9 Å². The highest BCUT2D eigenvalue weighted by molar-refractivity contribution is 7.80. The Labute approximate surface area is 174 Å². The third-order valence-electron chi connectivity index (χ3n) is 4.63. The van der Waals surface area contributed by atoms with Gasteiger partial charge in [0, 0.05) is 24.5 Å².